The van der Waals surface area contributed by atoms with E-state index in [0.29, 0.717) is 36.2 Å². The standard InChI is InChI=1S/C17H17N5O3S/c23-14(10-1-2-10)13-7-11-9-20(3-4-22(11)19-13)15(24)12-8-18-17-21(16(12)25)5-6-26-17/h5-8,10,14,23H,1-4,9H2/t14-/m0/s1. The van der Waals surface area contributed by atoms with Gasteiger partial charge in [0.25, 0.3) is 11.5 Å². The van der Waals surface area contributed by atoms with Crippen molar-refractivity contribution in [2.24, 2.45) is 5.92 Å². The third-order valence-corrected chi connectivity index (χ3v) is 5.82. The molecular weight excluding hydrogens is 354 g/mol. The van der Waals surface area contributed by atoms with E-state index < -0.39 is 6.10 Å². The van der Waals surface area contributed by atoms with E-state index in [0.717, 1.165) is 18.5 Å². The van der Waals surface area contributed by atoms with Crippen LogP contribution in [0.2, 0.25) is 0 Å². The zero-order chi connectivity index (χ0) is 17.8. The summed E-state index contributed by atoms with van der Waals surface area (Å²) >= 11 is 1.35. The monoisotopic (exact) mass is 371 g/mol. The second-order valence-electron chi connectivity index (χ2n) is 6.83. The molecule has 1 atom stereocenters. The first-order chi connectivity index (χ1) is 12.6. The van der Waals surface area contributed by atoms with Gasteiger partial charge in [0.2, 0.25) is 0 Å². The summed E-state index contributed by atoms with van der Waals surface area (Å²) < 4.78 is 3.24. The lowest BCUT2D eigenvalue weighted by molar-refractivity contribution is 0.0703. The molecule has 0 aromatic carbocycles. The topological polar surface area (TPSA) is 92.7 Å². The molecule has 3 aromatic heterocycles. The lowest BCUT2D eigenvalue weighted by Crippen LogP contribution is -2.40. The molecule has 0 bridgehead atoms. The van der Waals surface area contributed by atoms with Crippen molar-refractivity contribution in [1.82, 2.24) is 24.1 Å². The van der Waals surface area contributed by atoms with Crippen molar-refractivity contribution in [2.45, 2.75) is 32.0 Å². The molecule has 1 aliphatic carbocycles. The molecule has 26 heavy (non-hydrogen) atoms. The van der Waals surface area contributed by atoms with Gasteiger partial charge in [0.1, 0.15) is 11.7 Å². The van der Waals surface area contributed by atoms with Crippen molar-refractivity contribution < 1.29 is 9.90 Å². The number of carbonyl (C=O) groups is 1. The molecule has 3 aromatic rings. The normalized spacial score (nSPS) is 18.1. The molecule has 0 radical (unpaired) electrons. The molecule has 1 saturated carbocycles. The van der Waals surface area contributed by atoms with Crippen LogP contribution in [0.3, 0.4) is 0 Å². The molecule has 8 nitrogen and oxygen atoms in total. The Morgan fingerprint density at radius 2 is 2.19 bits per heavy atom. The Kier molecular flexibility index (Phi) is 3.47. The average Bonchev–Trinajstić information content (AvgIpc) is 3.22. The largest absolute Gasteiger partial charge is 0.386 e. The second-order valence-corrected chi connectivity index (χ2v) is 7.70. The Morgan fingerprint density at radius 3 is 3.00 bits per heavy atom. The third kappa shape index (κ3) is 2.46. The number of amides is 1. The fourth-order valence-electron chi connectivity index (χ4n) is 3.40. The van der Waals surface area contributed by atoms with E-state index in [1.165, 1.54) is 21.9 Å². The molecule has 4 heterocycles. The Hall–Kier alpha value is -2.52. The number of thiazole rings is 1. The van der Waals surface area contributed by atoms with Gasteiger partial charge >= 0.3 is 0 Å². The maximum atomic E-state index is 12.9. The molecule has 1 aliphatic heterocycles. The minimum atomic E-state index is -0.521. The summed E-state index contributed by atoms with van der Waals surface area (Å²) in [7, 11) is 0. The summed E-state index contributed by atoms with van der Waals surface area (Å²) in [5.74, 6) is -0.00649. The van der Waals surface area contributed by atoms with E-state index in [1.54, 1.807) is 16.5 Å². The van der Waals surface area contributed by atoms with Gasteiger partial charge in [0.15, 0.2) is 4.96 Å². The maximum absolute atomic E-state index is 12.9. The Balaban J connectivity index is 1.42. The Labute approximate surface area is 152 Å². The minimum absolute atomic E-state index is 0.0760. The van der Waals surface area contributed by atoms with Crippen LogP contribution in [0, 0.1) is 5.92 Å². The first-order valence-electron chi connectivity index (χ1n) is 8.60. The molecule has 9 heteroatoms. The Morgan fingerprint density at radius 1 is 1.35 bits per heavy atom. The summed E-state index contributed by atoms with van der Waals surface area (Å²) in [6, 6.07) is 1.87. The van der Waals surface area contributed by atoms with Crippen molar-refractivity contribution in [2.75, 3.05) is 6.54 Å². The van der Waals surface area contributed by atoms with E-state index in [2.05, 4.69) is 10.1 Å². The average molecular weight is 371 g/mol. The lowest BCUT2D eigenvalue weighted by Gasteiger charge is -2.27. The molecule has 2 aliphatic rings. The van der Waals surface area contributed by atoms with Gasteiger partial charge in [0, 0.05) is 24.3 Å². The van der Waals surface area contributed by atoms with Gasteiger partial charge in [-0.15, -0.1) is 11.3 Å². The Bertz CT molecular complexity index is 1060. The van der Waals surface area contributed by atoms with E-state index >= 15 is 0 Å². The zero-order valence-corrected chi connectivity index (χ0v) is 14.7. The van der Waals surface area contributed by atoms with Crippen LogP contribution < -0.4 is 5.56 Å². The van der Waals surface area contributed by atoms with Crippen molar-refractivity contribution in [1.29, 1.82) is 0 Å². The van der Waals surface area contributed by atoms with Gasteiger partial charge < -0.3 is 10.0 Å². The SMILES string of the molecule is O=C(c1cnc2sccn2c1=O)N1CCn2nc([C@@H](O)C3CC3)cc2C1. The van der Waals surface area contributed by atoms with Gasteiger partial charge in [-0.1, -0.05) is 0 Å². The summed E-state index contributed by atoms with van der Waals surface area (Å²) in [6.45, 7) is 1.39. The molecule has 0 saturated heterocycles. The van der Waals surface area contributed by atoms with Gasteiger partial charge in [-0.3, -0.25) is 18.7 Å². The van der Waals surface area contributed by atoms with Crippen molar-refractivity contribution in [3.8, 4) is 0 Å². The zero-order valence-electron chi connectivity index (χ0n) is 13.9. The molecule has 0 spiro atoms. The van der Waals surface area contributed by atoms with Crippen LogP contribution in [-0.4, -0.2) is 41.6 Å². The van der Waals surface area contributed by atoms with Crippen molar-refractivity contribution >= 4 is 22.2 Å². The molecule has 134 valence electrons. The van der Waals surface area contributed by atoms with E-state index in [1.807, 2.05) is 10.7 Å². The van der Waals surface area contributed by atoms with Crippen LogP contribution in [0.5, 0.6) is 0 Å². The van der Waals surface area contributed by atoms with Crippen molar-refractivity contribution in [3.05, 3.63) is 51.1 Å². The van der Waals surface area contributed by atoms with Crippen LogP contribution in [0.4, 0.5) is 0 Å². The van der Waals surface area contributed by atoms with Gasteiger partial charge in [0.05, 0.1) is 24.5 Å². The molecule has 5 rings (SSSR count). The lowest BCUT2D eigenvalue weighted by atomic mass is 10.1. The van der Waals surface area contributed by atoms with Crippen LogP contribution in [0.15, 0.2) is 28.6 Å². The highest BCUT2D eigenvalue weighted by Gasteiger charge is 2.34. The quantitative estimate of drug-likeness (QED) is 0.743. The molecule has 1 amide bonds. The summed E-state index contributed by atoms with van der Waals surface area (Å²) in [6.07, 6.45) is 4.55. The van der Waals surface area contributed by atoms with Crippen LogP contribution >= 0.6 is 11.3 Å². The number of hydrogen-bond acceptors (Lipinski definition) is 6. The number of hydrogen-bond donors (Lipinski definition) is 1. The molecular formula is C17H17N5O3S. The fourth-order valence-corrected chi connectivity index (χ4v) is 4.08. The highest BCUT2D eigenvalue weighted by Crippen LogP contribution is 2.40. The summed E-state index contributed by atoms with van der Waals surface area (Å²) in [5.41, 5.74) is 1.29. The fraction of sp³-hybridized carbons (Fsp3) is 0.412. The molecule has 1 fully saturated rings. The number of aliphatic hydroxyl groups is 1. The van der Waals surface area contributed by atoms with Gasteiger partial charge in [-0.05, 0) is 24.8 Å². The first-order valence-corrected chi connectivity index (χ1v) is 9.48. The van der Waals surface area contributed by atoms with E-state index in [4.69, 9.17) is 0 Å². The number of aliphatic hydroxyl groups excluding tert-OH is 1. The summed E-state index contributed by atoms with van der Waals surface area (Å²) in [5, 5.41) is 16.5. The number of nitrogens with zero attached hydrogens (tertiary/aromatic N) is 5. The third-order valence-electron chi connectivity index (χ3n) is 5.05. The van der Waals surface area contributed by atoms with E-state index in [9.17, 15) is 14.7 Å². The highest BCUT2D eigenvalue weighted by molar-refractivity contribution is 7.15. The maximum Gasteiger partial charge on any atom is 0.271 e. The van der Waals surface area contributed by atoms with Crippen LogP contribution in [-0.2, 0) is 13.1 Å². The first kappa shape index (κ1) is 15.7. The highest BCUT2D eigenvalue weighted by atomic mass is 32.1. The van der Waals surface area contributed by atoms with Crippen LogP contribution in [0.25, 0.3) is 4.96 Å². The predicted molar refractivity (Wildman–Crippen MR) is 94.0 cm³/mol. The molecule has 1 N–H and O–H groups in total. The smallest absolute Gasteiger partial charge is 0.271 e. The van der Waals surface area contributed by atoms with Crippen molar-refractivity contribution in [3.63, 3.8) is 0 Å². The number of rotatable bonds is 3. The molecule has 0 unspecified atom stereocenters. The number of aromatic nitrogens is 4. The van der Waals surface area contributed by atoms with Crippen LogP contribution in [0.1, 0.15) is 40.7 Å². The van der Waals surface area contributed by atoms with Gasteiger partial charge in [-0.25, -0.2) is 4.98 Å². The predicted octanol–water partition coefficient (Wildman–Crippen LogP) is 1.05. The number of fused-ring (bicyclic) bond motifs is 2. The summed E-state index contributed by atoms with van der Waals surface area (Å²) in [4.78, 5) is 31.8. The van der Waals surface area contributed by atoms with E-state index in [-0.39, 0.29) is 17.0 Å². The second kappa shape index (κ2) is 5.75. The minimum Gasteiger partial charge on any atom is -0.386 e. The number of carbonyl (C=O) groups excluding carboxylic acids is 1. The van der Waals surface area contributed by atoms with Gasteiger partial charge in [-0.2, -0.15) is 5.10 Å².